The topological polar surface area (TPSA) is 68.4 Å². The number of hydrogen-bond donors (Lipinski definition) is 1. The minimum Gasteiger partial charge on any atom is -0.305 e. The smallest absolute Gasteiger partial charge is 0.305 e. The van der Waals surface area contributed by atoms with Crippen LogP contribution in [0.25, 0.3) is 10.2 Å². The Kier molecular flexibility index (Phi) is 4.53. The molecule has 2 aliphatic carbocycles. The fraction of sp³-hybridized carbons (Fsp3) is 0.650. The van der Waals surface area contributed by atoms with Crippen molar-refractivity contribution >= 4 is 27.8 Å². The largest absolute Gasteiger partial charge is 0.332 e. The molecule has 0 radical (unpaired) electrons. The van der Waals surface area contributed by atoms with Gasteiger partial charge in [-0.15, -0.1) is 11.3 Å². The Morgan fingerprint density at radius 2 is 1.97 bits per heavy atom. The lowest BCUT2D eigenvalue weighted by Gasteiger charge is -2.16. The van der Waals surface area contributed by atoms with Gasteiger partial charge in [-0.25, -0.2) is 13.6 Å². The van der Waals surface area contributed by atoms with E-state index in [1.807, 2.05) is 34.6 Å². The molecule has 4 rings (SSSR count). The number of hydrogen-bond acceptors (Lipinski definition) is 5. The Balaban J connectivity index is 1.86. The van der Waals surface area contributed by atoms with Gasteiger partial charge in [0.25, 0.3) is 11.5 Å². The minimum atomic E-state index is -2.73. The number of aromatic nitrogens is 2. The first-order valence-corrected chi connectivity index (χ1v) is 10.7. The number of fused-ring (bicyclic) bond motifs is 1. The zero-order valence-electron chi connectivity index (χ0n) is 17.3. The molecule has 9 heteroatoms. The minimum absolute atomic E-state index is 0.0690. The van der Waals surface area contributed by atoms with E-state index in [0.29, 0.717) is 10.2 Å². The van der Waals surface area contributed by atoms with Gasteiger partial charge < -0.3 is 5.43 Å². The molecule has 0 amide bonds. The molecule has 0 aromatic carbocycles. The lowest BCUT2D eigenvalue weighted by molar-refractivity contribution is 0.0950. The van der Waals surface area contributed by atoms with Crippen LogP contribution in [0.5, 0.6) is 0 Å². The second kappa shape index (κ2) is 6.48. The summed E-state index contributed by atoms with van der Waals surface area (Å²) in [5, 5.41) is 4.69. The van der Waals surface area contributed by atoms with Gasteiger partial charge in [0.1, 0.15) is 4.83 Å². The molecule has 2 saturated carbocycles. The van der Waals surface area contributed by atoms with E-state index in [0.717, 1.165) is 16.9 Å². The second-order valence-corrected chi connectivity index (χ2v) is 10.4. The van der Waals surface area contributed by atoms with Crippen molar-refractivity contribution in [2.75, 3.05) is 0 Å². The summed E-state index contributed by atoms with van der Waals surface area (Å²) in [6.45, 7) is 9.67. The highest BCUT2D eigenvalue weighted by Crippen LogP contribution is 2.49. The number of halogens is 2. The first-order valence-electron chi connectivity index (χ1n) is 9.87. The molecule has 2 aliphatic rings. The summed E-state index contributed by atoms with van der Waals surface area (Å²) in [5.41, 5.74) is 2.72. The van der Waals surface area contributed by atoms with Crippen molar-refractivity contribution in [3.8, 4) is 0 Å². The molecule has 1 N–H and O–H groups in total. The molecule has 0 bridgehead atoms. The van der Waals surface area contributed by atoms with Crippen LogP contribution < -0.4 is 16.7 Å². The Morgan fingerprint density at radius 3 is 2.48 bits per heavy atom. The number of hydrazone groups is 1. The highest BCUT2D eigenvalue weighted by Gasteiger charge is 2.57. The lowest BCUT2D eigenvalue weighted by atomic mass is 10.1. The number of thiophene rings is 1. The second-order valence-electron chi connectivity index (χ2n) is 9.40. The first kappa shape index (κ1) is 20.3. The Bertz CT molecular complexity index is 1120. The van der Waals surface area contributed by atoms with Crippen molar-refractivity contribution in [1.82, 2.24) is 14.6 Å². The van der Waals surface area contributed by atoms with Crippen LogP contribution in [0.3, 0.4) is 0 Å². The third-order valence-electron chi connectivity index (χ3n) is 5.62. The monoisotopic (exact) mass is 424 g/mol. The molecular weight excluding hydrogens is 398 g/mol. The summed E-state index contributed by atoms with van der Waals surface area (Å²) >= 11 is 1.26. The fourth-order valence-corrected chi connectivity index (χ4v) is 4.77. The molecule has 2 aromatic rings. The number of aryl methyl sites for hydroxylation is 1. The fourth-order valence-electron chi connectivity index (χ4n) is 3.59. The third kappa shape index (κ3) is 3.65. The number of nitrogens with zero attached hydrogens (tertiary/aromatic N) is 3. The summed E-state index contributed by atoms with van der Waals surface area (Å²) in [7, 11) is 0. The van der Waals surface area contributed by atoms with E-state index in [2.05, 4.69) is 10.5 Å². The molecule has 6 nitrogen and oxygen atoms in total. The molecule has 1 unspecified atom stereocenters. The number of nitrogens with one attached hydrogen (secondary N) is 1. The summed E-state index contributed by atoms with van der Waals surface area (Å²) in [5.74, 6) is -3.34. The summed E-state index contributed by atoms with van der Waals surface area (Å²) < 4.78 is 29.8. The van der Waals surface area contributed by atoms with Crippen molar-refractivity contribution in [2.24, 2.45) is 16.9 Å². The standard InChI is InChI=1S/C20H26F2N4O2S/c1-10-6-13(10)26-16(27)15-11(2)14(8-23-24-19(3,4)5)29-17(15)25(18(26)28)9-12-7-20(12,21)22/h8,10,12-13,24H,6-7,9H2,1-5H3/t10-,12?,13-/m0/s1. The zero-order chi connectivity index (χ0) is 21.3. The van der Waals surface area contributed by atoms with Crippen molar-refractivity contribution in [3.05, 3.63) is 31.3 Å². The Labute approximate surface area is 171 Å². The van der Waals surface area contributed by atoms with Crippen molar-refractivity contribution < 1.29 is 8.78 Å². The zero-order valence-corrected chi connectivity index (χ0v) is 18.1. The molecule has 0 saturated heterocycles. The maximum Gasteiger partial charge on any atom is 0.332 e. The molecule has 0 aliphatic heterocycles. The van der Waals surface area contributed by atoms with Crippen LogP contribution in [0, 0.1) is 18.8 Å². The van der Waals surface area contributed by atoms with E-state index in [9.17, 15) is 18.4 Å². The molecule has 158 valence electrons. The maximum absolute atomic E-state index is 13.6. The van der Waals surface area contributed by atoms with Gasteiger partial charge in [-0.1, -0.05) is 6.92 Å². The van der Waals surface area contributed by atoms with Crippen molar-refractivity contribution in [1.29, 1.82) is 0 Å². The molecule has 29 heavy (non-hydrogen) atoms. The van der Waals surface area contributed by atoms with Gasteiger partial charge >= 0.3 is 5.69 Å². The van der Waals surface area contributed by atoms with Gasteiger partial charge in [-0.05, 0) is 45.6 Å². The van der Waals surface area contributed by atoms with E-state index in [1.54, 1.807) is 6.21 Å². The predicted molar refractivity (Wildman–Crippen MR) is 111 cm³/mol. The third-order valence-corrected chi connectivity index (χ3v) is 6.87. The van der Waals surface area contributed by atoms with Crippen LogP contribution in [0.15, 0.2) is 14.7 Å². The number of alkyl halides is 2. The average Bonchev–Trinajstić information content (AvgIpc) is 3.41. The van der Waals surface area contributed by atoms with E-state index in [4.69, 9.17) is 0 Å². The summed E-state index contributed by atoms with van der Waals surface area (Å²) in [6.07, 6.45) is 2.18. The molecule has 2 heterocycles. The van der Waals surface area contributed by atoms with E-state index < -0.39 is 17.5 Å². The molecule has 2 aromatic heterocycles. The summed E-state index contributed by atoms with van der Waals surface area (Å²) in [6, 6.07) is -0.149. The lowest BCUT2D eigenvalue weighted by Crippen LogP contribution is -2.40. The Morgan fingerprint density at radius 1 is 1.34 bits per heavy atom. The van der Waals surface area contributed by atoms with E-state index >= 15 is 0 Å². The van der Waals surface area contributed by atoms with E-state index in [1.165, 1.54) is 20.5 Å². The quantitative estimate of drug-likeness (QED) is 0.590. The van der Waals surface area contributed by atoms with Gasteiger partial charge in [-0.2, -0.15) is 5.10 Å². The van der Waals surface area contributed by atoms with Crippen molar-refractivity contribution in [2.45, 2.75) is 71.5 Å². The van der Waals surface area contributed by atoms with Crippen LogP contribution >= 0.6 is 11.3 Å². The van der Waals surface area contributed by atoms with Gasteiger partial charge in [0, 0.05) is 30.5 Å². The van der Waals surface area contributed by atoms with Gasteiger partial charge in [0.15, 0.2) is 0 Å². The van der Waals surface area contributed by atoms with Crippen LogP contribution in [-0.4, -0.2) is 26.8 Å². The van der Waals surface area contributed by atoms with Crippen molar-refractivity contribution in [3.63, 3.8) is 0 Å². The number of rotatable bonds is 5. The van der Waals surface area contributed by atoms with Crippen LogP contribution in [0.4, 0.5) is 8.78 Å². The molecule has 2 fully saturated rings. The Hall–Kier alpha value is -2.03. The average molecular weight is 425 g/mol. The SMILES string of the molecule is Cc1c(C=NNC(C)(C)C)sc2c1c(=O)n([C@H]1C[C@@H]1C)c(=O)n2CC1CC1(F)F. The molecule has 3 atom stereocenters. The van der Waals surface area contributed by atoms with Gasteiger partial charge in [-0.3, -0.25) is 13.9 Å². The van der Waals surface area contributed by atoms with Crippen LogP contribution in [0.1, 0.15) is 57.0 Å². The highest BCUT2D eigenvalue weighted by atomic mass is 32.1. The summed E-state index contributed by atoms with van der Waals surface area (Å²) in [4.78, 5) is 27.5. The maximum atomic E-state index is 13.6. The molecule has 0 spiro atoms. The first-order chi connectivity index (χ1) is 13.4. The highest BCUT2D eigenvalue weighted by molar-refractivity contribution is 7.20. The van der Waals surface area contributed by atoms with E-state index in [-0.39, 0.29) is 36.0 Å². The predicted octanol–water partition coefficient (Wildman–Crippen LogP) is 3.49. The van der Waals surface area contributed by atoms with Crippen LogP contribution in [0.2, 0.25) is 0 Å². The van der Waals surface area contributed by atoms with Gasteiger partial charge in [0.2, 0.25) is 0 Å². The van der Waals surface area contributed by atoms with Crippen LogP contribution in [-0.2, 0) is 6.54 Å². The van der Waals surface area contributed by atoms with Gasteiger partial charge in [0.05, 0.1) is 16.5 Å². The molecular formula is C20H26F2N4O2S. The normalized spacial score (nSPS) is 25.7.